The Balaban J connectivity index is 1.73. The van der Waals surface area contributed by atoms with Crippen molar-refractivity contribution in [3.63, 3.8) is 0 Å². The van der Waals surface area contributed by atoms with Gasteiger partial charge in [-0.15, -0.1) is 0 Å². The van der Waals surface area contributed by atoms with Crippen LogP contribution in [0, 0.1) is 0 Å². The summed E-state index contributed by atoms with van der Waals surface area (Å²) in [6, 6.07) is 10.1. The Morgan fingerprint density at radius 1 is 1.04 bits per heavy atom. The third-order valence-electron chi connectivity index (χ3n) is 3.39. The number of Topliss-reactive ketones (excluding diaryl/α,β-unsaturated/α-hetero) is 1. The molecule has 0 aliphatic heterocycles. The van der Waals surface area contributed by atoms with Crippen LogP contribution in [0.4, 0.5) is 0 Å². The van der Waals surface area contributed by atoms with Gasteiger partial charge < -0.3 is 9.72 Å². The summed E-state index contributed by atoms with van der Waals surface area (Å²) in [6.45, 7) is 2.64. The molecule has 0 saturated heterocycles. The van der Waals surface area contributed by atoms with E-state index in [0.717, 1.165) is 6.42 Å². The molecule has 0 spiro atoms. The Morgan fingerprint density at radius 3 is 2.44 bits per heavy atom. The summed E-state index contributed by atoms with van der Waals surface area (Å²) in [7, 11) is 0. The fourth-order valence-corrected chi connectivity index (χ4v) is 2.06. The van der Waals surface area contributed by atoms with Crippen LogP contribution in [0.15, 0.2) is 42.6 Å². The molecule has 0 radical (unpaired) electrons. The van der Waals surface area contributed by atoms with Crippen molar-refractivity contribution in [3.8, 4) is 5.75 Å². The lowest BCUT2D eigenvalue weighted by Gasteiger charge is -2.07. The molecule has 3 N–H and O–H groups in total. The lowest BCUT2D eigenvalue weighted by molar-refractivity contribution is -0.121. The maximum Gasteiger partial charge on any atom is 0.286 e. The molecule has 0 fully saturated rings. The Bertz CT molecular complexity index is 708. The fourth-order valence-electron chi connectivity index (χ4n) is 2.06. The van der Waals surface area contributed by atoms with Crippen molar-refractivity contribution in [3.05, 3.63) is 53.9 Å². The summed E-state index contributed by atoms with van der Waals surface area (Å²) in [6.07, 6.45) is 2.56. The minimum atomic E-state index is -0.452. The second-order valence-corrected chi connectivity index (χ2v) is 5.38. The summed E-state index contributed by atoms with van der Waals surface area (Å²) in [5.74, 6) is -0.320. The summed E-state index contributed by atoms with van der Waals surface area (Å²) >= 11 is 0. The zero-order valence-electron chi connectivity index (χ0n) is 14.0. The molecule has 7 heteroatoms. The Labute approximate surface area is 145 Å². The third-order valence-corrected chi connectivity index (χ3v) is 3.39. The van der Waals surface area contributed by atoms with Crippen molar-refractivity contribution < 1.29 is 19.1 Å². The Morgan fingerprint density at radius 2 is 1.80 bits per heavy atom. The predicted molar refractivity (Wildman–Crippen MR) is 92.2 cm³/mol. The van der Waals surface area contributed by atoms with Gasteiger partial charge in [0.25, 0.3) is 5.91 Å². The number of nitrogens with one attached hydrogen (secondary N) is 3. The zero-order chi connectivity index (χ0) is 18.1. The number of ketones is 1. The zero-order valence-corrected chi connectivity index (χ0v) is 14.0. The Hall–Kier alpha value is -3.09. The van der Waals surface area contributed by atoms with E-state index in [0.29, 0.717) is 23.6 Å². The highest BCUT2D eigenvalue weighted by Gasteiger charge is 2.11. The van der Waals surface area contributed by atoms with Crippen LogP contribution in [0.2, 0.25) is 0 Å². The Kier molecular flexibility index (Phi) is 6.76. The average molecular weight is 343 g/mol. The average Bonchev–Trinajstić information content (AvgIpc) is 3.17. The number of aromatic amines is 1. The summed E-state index contributed by atoms with van der Waals surface area (Å²) in [5.41, 5.74) is 5.41. The normalized spacial score (nSPS) is 10.1. The molecule has 1 aromatic carbocycles. The molecule has 2 amide bonds. The van der Waals surface area contributed by atoms with E-state index in [1.54, 1.807) is 42.6 Å². The van der Waals surface area contributed by atoms with Crippen molar-refractivity contribution in [2.24, 2.45) is 0 Å². The van der Waals surface area contributed by atoms with Crippen LogP contribution < -0.4 is 15.6 Å². The molecule has 0 aliphatic rings. The number of amides is 2. The number of benzene rings is 1. The van der Waals surface area contributed by atoms with Gasteiger partial charge in [-0.3, -0.25) is 25.2 Å². The van der Waals surface area contributed by atoms with Gasteiger partial charge in [-0.1, -0.05) is 6.92 Å². The highest BCUT2D eigenvalue weighted by molar-refractivity contribution is 5.98. The first-order valence-electron chi connectivity index (χ1n) is 8.08. The lowest BCUT2D eigenvalue weighted by Crippen LogP contribution is -2.41. The number of carbonyl (C=O) groups excluding carboxylic acids is 3. The SMILES string of the molecule is CCCOc1ccc(C(=O)CCC(=O)NNC(=O)c2ccc[nH]2)cc1. The topological polar surface area (TPSA) is 100 Å². The van der Waals surface area contributed by atoms with Crippen LogP contribution in [-0.2, 0) is 4.79 Å². The molecular weight excluding hydrogens is 322 g/mol. The molecule has 1 heterocycles. The molecule has 0 unspecified atom stereocenters. The first-order valence-corrected chi connectivity index (χ1v) is 8.08. The van der Waals surface area contributed by atoms with Gasteiger partial charge in [-0.25, -0.2) is 0 Å². The van der Waals surface area contributed by atoms with E-state index in [4.69, 9.17) is 4.74 Å². The molecule has 7 nitrogen and oxygen atoms in total. The summed E-state index contributed by atoms with van der Waals surface area (Å²) < 4.78 is 5.45. The number of H-pyrrole nitrogens is 1. The molecule has 132 valence electrons. The van der Waals surface area contributed by atoms with Crippen LogP contribution >= 0.6 is 0 Å². The van der Waals surface area contributed by atoms with Crippen LogP contribution in [0.25, 0.3) is 0 Å². The first-order chi connectivity index (χ1) is 12.1. The van der Waals surface area contributed by atoms with E-state index in [1.807, 2.05) is 6.92 Å². The lowest BCUT2D eigenvalue weighted by atomic mass is 10.1. The molecule has 1 aromatic heterocycles. The van der Waals surface area contributed by atoms with Crippen molar-refractivity contribution in [2.45, 2.75) is 26.2 Å². The minimum Gasteiger partial charge on any atom is -0.494 e. The highest BCUT2D eigenvalue weighted by Crippen LogP contribution is 2.14. The molecular formula is C18H21N3O4. The summed E-state index contributed by atoms with van der Waals surface area (Å²) in [4.78, 5) is 38.2. The van der Waals surface area contributed by atoms with Crippen molar-refractivity contribution in [1.82, 2.24) is 15.8 Å². The van der Waals surface area contributed by atoms with E-state index in [1.165, 1.54) is 0 Å². The predicted octanol–water partition coefficient (Wildman–Crippen LogP) is 2.23. The highest BCUT2D eigenvalue weighted by atomic mass is 16.5. The number of hydrogen-bond donors (Lipinski definition) is 3. The van der Waals surface area contributed by atoms with Gasteiger partial charge in [0, 0.05) is 24.6 Å². The molecule has 0 bridgehead atoms. The number of rotatable bonds is 8. The van der Waals surface area contributed by atoms with E-state index in [9.17, 15) is 14.4 Å². The van der Waals surface area contributed by atoms with Crippen LogP contribution in [0.3, 0.4) is 0 Å². The van der Waals surface area contributed by atoms with Crippen LogP contribution in [0.5, 0.6) is 5.75 Å². The molecule has 0 atom stereocenters. The molecule has 0 saturated carbocycles. The number of aromatic nitrogens is 1. The van der Waals surface area contributed by atoms with Crippen molar-refractivity contribution in [1.29, 1.82) is 0 Å². The smallest absolute Gasteiger partial charge is 0.286 e. The number of hydrogen-bond acceptors (Lipinski definition) is 4. The van der Waals surface area contributed by atoms with Crippen molar-refractivity contribution >= 4 is 17.6 Å². The van der Waals surface area contributed by atoms with Gasteiger partial charge in [0.2, 0.25) is 5.91 Å². The van der Waals surface area contributed by atoms with Crippen molar-refractivity contribution in [2.75, 3.05) is 6.61 Å². The minimum absolute atomic E-state index is 0.0159. The van der Waals surface area contributed by atoms with E-state index in [2.05, 4.69) is 15.8 Å². The van der Waals surface area contributed by atoms with Gasteiger partial charge in [0.1, 0.15) is 11.4 Å². The van der Waals surface area contributed by atoms with Crippen LogP contribution in [-0.4, -0.2) is 29.2 Å². The van der Waals surface area contributed by atoms with E-state index in [-0.39, 0.29) is 18.6 Å². The van der Waals surface area contributed by atoms with Gasteiger partial charge in [0.05, 0.1) is 6.61 Å². The van der Waals surface area contributed by atoms with E-state index < -0.39 is 11.8 Å². The number of carbonyl (C=O) groups is 3. The van der Waals surface area contributed by atoms with E-state index >= 15 is 0 Å². The molecule has 2 aromatic rings. The summed E-state index contributed by atoms with van der Waals surface area (Å²) in [5, 5.41) is 0. The number of ether oxygens (including phenoxy) is 1. The quantitative estimate of drug-likeness (QED) is 0.505. The molecule has 25 heavy (non-hydrogen) atoms. The monoisotopic (exact) mass is 343 g/mol. The largest absolute Gasteiger partial charge is 0.494 e. The van der Waals surface area contributed by atoms with Crippen LogP contribution in [0.1, 0.15) is 47.0 Å². The fraction of sp³-hybridized carbons (Fsp3) is 0.278. The van der Waals surface area contributed by atoms with Gasteiger partial charge >= 0.3 is 0 Å². The molecule has 0 aliphatic carbocycles. The number of hydrazine groups is 1. The van der Waals surface area contributed by atoms with Gasteiger partial charge in [-0.2, -0.15) is 0 Å². The second-order valence-electron chi connectivity index (χ2n) is 5.38. The second kappa shape index (κ2) is 9.27. The van der Waals surface area contributed by atoms with Gasteiger partial charge in [-0.05, 0) is 42.8 Å². The third kappa shape index (κ3) is 5.80. The molecule has 2 rings (SSSR count). The first kappa shape index (κ1) is 18.3. The van der Waals surface area contributed by atoms with Gasteiger partial charge in [0.15, 0.2) is 5.78 Å². The maximum atomic E-state index is 12.1. The standard InChI is InChI=1S/C18H21N3O4/c1-2-12-25-14-7-5-13(6-8-14)16(22)9-10-17(23)20-21-18(24)15-4-3-11-19-15/h3-8,11,19H,2,9-10,12H2,1H3,(H,20,23)(H,21,24). The maximum absolute atomic E-state index is 12.1.